The van der Waals surface area contributed by atoms with Crippen molar-refractivity contribution in [3.8, 4) is 0 Å². The number of carbonyl (C=O) groups excluding carboxylic acids is 1. The Kier molecular flexibility index (Phi) is 6.20. The molecule has 0 bridgehead atoms. The van der Waals surface area contributed by atoms with Gasteiger partial charge in [-0.3, -0.25) is 4.79 Å². The molecular weight excluding hydrogens is 488 g/mol. The quantitative estimate of drug-likeness (QED) is 0.288. The third-order valence-electron chi connectivity index (χ3n) is 14.4. The van der Waals surface area contributed by atoms with Crippen LogP contribution < -0.4 is 0 Å². The highest BCUT2D eigenvalue weighted by molar-refractivity contribution is 5.78. The second-order valence-electron chi connectivity index (χ2n) is 16.3. The van der Waals surface area contributed by atoms with Gasteiger partial charge in [0.1, 0.15) is 0 Å². The number of aliphatic hydroxyl groups excluding tert-OH is 1. The summed E-state index contributed by atoms with van der Waals surface area (Å²) >= 11 is 0. The molecule has 0 radical (unpaired) electrons. The zero-order valence-corrected chi connectivity index (χ0v) is 26.1. The van der Waals surface area contributed by atoms with E-state index in [2.05, 4.69) is 47.6 Å². The summed E-state index contributed by atoms with van der Waals surface area (Å²) in [6.07, 6.45) is 10.1. The number of methoxy groups -OCH3 is 1. The number of fused-ring (bicyclic) bond motifs is 9. The predicted octanol–water partition coefficient (Wildman–Crippen LogP) is 6.92. The second-order valence-corrected chi connectivity index (χ2v) is 16.3. The van der Waals surface area contributed by atoms with E-state index in [0.29, 0.717) is 30.3 Å². The summed E-state index contributed by atoms with van der Waals surface area (Å²) in [5.41, 5.74) is 1.14. The Bertz CT molecular complexity index is 1070. The average molecular weight is 543 g/mol. The molecule has 0 aromatic heterocycles. The zero-order valence-electron chi connectivity index (χ0n) is 26.1. The monoisotopic (exact) mass is 542 g/mol. The molecule has 1 aliphatic heterocycles. The Hall–Kier alpha value is -0.910. The van der Waals surface area contributed by atoms with Gasteiger partial charge in [0.15, 0.2) is 5.79 Å². The van der Waals surface area contributed by atoms with Crippen LogP contribution in [-0.4, -0.2) is 42.8 Å². The molecule has 12 atom stereocenters. The van der Waals surface area contributed by atoms with Crippen molar-refractivity contribution in [3.05, 3.63) is 11.6 Å². The van der Waals surface area contributed by atoms with Crippen LogP contribution in [0.4, 0.5) is 0 Å². The van der Waals surface area contributed by atoms with Gasteiger partial charge in [-0.25, -0.2) is 0 Å². The van der Waals surface area contributed by atoms with Gasteiger partial charge in [0.25, 0.3) is 0 Å². The van der Waals surface area contributed by atoms with Gasteiger partial charge >= 0.3 is 5.97 Å². The summed E-state index contributed by atoms with van der Waals surface area (Å²) in [6, 6.07) is 0. The summed E-state index contributed by atoms with van der Waals surface area (Å²) in [7, 11) is 1.58. The minimum atomic E-state index is -0.653. The number of rotatable bonds is 1. The van der Waals surface area contributed by atoms with Gasteiger partial charge < -0.3 is 19.3 Å². The minimum absolute atomic E-state index is 0.000727. The molecule has 220 valence electrons. The summed E-state index contributed by atoms with van der Waals surface area (Å²) in [4.78, 5) is 13.5. The largest absolute Gasteiger partial charge is 0.469 e. The lowest BCUT2D eigenvalue weighted by Gasteiger charge is -2.72. The highest BCUT2D eigenvalue weighted by Crippen LogP contribution is 2.76. The standard InChI is InChI=1S/C34H54O5/c1-20-12-15-34(28(36)37-9)17-16-32(7)22(26(34)21(20)2)10-11-25-30(5)18-23(35)27-31(6,19-38-29(3,4)39-27)24(30)13-14-33(25,32)8/h10,20-21,23-27,35H,11-19H2,1-9H3/t20-,21+,23-,24-,25-,26+,27+,30+,31+,32-,33-,34+/m1/s1. The van der Waals surface area contributed by atoms with E-state index < -0.39 is 11.9 Å². The molecule has 1 N–H and O–H groups in total. The fourth-order valence-electron chi connectivity index (χ4n) is 12.0. The number of esters is 1. The van der Waals surface area contributed by atoms with E-state index in [1.54, 1.807) is 12.7 Å². The molecule has 5 nitrogen and oxygen atoms in total. The molecule has 0 unspecified atom stereocenters. The van der Waals surface area contributed by atoms with Crippen molar-refractivity contribution in [2.75, 3.05) is 13.7 Å². The Balaban J connectivity index is 1.42. The van der Waals surface area contributed by atoms with Crippen LogP contribution in [0.25, 0.3) is 0 Å². The molecule has 0 aromatic rings. The molecule has 6 aliphatic rings. The van der Waals surface area contributed by atoms with Gasteiger partial charge in [0, 0.05) is 5.41 Å². The SMILES string of the molecule is COC(=O)[C@]12CC[C@@H](C)[C@H](C)[C@H]1C1=CC[C@@H]3[C@@]4(C)C[C@@H](O)[C@@H]5OC(C)(C)OC[C@@]5(C)[C@@H]4CC[C@@]3(C)[C@]1(C)CC2. The number of hydrogen-bond acceptors (Lipinski definition) is 5. The number of ether oxygens (including phenoxy) is 3. The van der Waals surface area contributed by atoms with Crippen LogP contribution >= 0.6 is 0 Å². The molecule has 39 heavy (non-hydrogen) atoms. The van der Waals surface area contributed by atoms with Crippen molar-refractivity contribution in [2.24, 2.45) is 56.7 Å². The minimum Gasteiger partial charge on any atom is -0.469 e. The molecule has 5 aliphatic carbocycles. The number of allylic oxidation sites excluding steroid dienone is 2. The highest BCUT2D eigenvalue weighted by atomic mass is 16.7. The van der Waals surface area contributed by atoms with Gasteiger partial charge in [-0.2, -0.15) is 0 Å². The molecular formula is C34H54O5. The Labute approximate surface area is 236 Å². The van der Waals surface area contributed by atoms with Crippen molar-refractivity contribution in [1.29, 1.82) is 0 Å². The van der Waals surface area contributed by atoms with Gasteiger partial charge in [-0.15, -0.1) is 0 Å². The maximum absolute atomic E-state index is 13.5. The smallest absolute Gasteiger partial charge is 0.312 e. The Morgan fingerprint density at radius 1 is 0.974 bits per heavy atom. The second kappa shape index (κ2) is 8.57. The fourth-order valence-corrected chi connectivity index (χ4v) is 12.0. The van der Waals surface area contributed by atoms with E-state index in [9.17, 15) is 9.90 Å². The van der Waals surface area contributed by atoms with Crippen LogP contribution in [0.5, 0.6) is 0 Å². The molecule has 5 fully saturated rings. The van der Waals surface area contributed by atoms with E-state index in [0.717, 1.165) is 44.9 Å². The normalized spacial score (nSPS) is 56.1. The number of aliphatic hydroxyl groups is 1. The molecule has 0 spiro atoms. The molecule has 1 heterocycles. The van der Waals surface area contributed by atoms with E-state index in [-0.39, 0.29) is 45.1 Å². The first-order valence-electron chi connectivity index (χ1n) is 15.9. The molecule has 1 saturated heterocycles. The summed E-state index contributed by atoms with van der Waals surface area (Å²) in [5, 5.41) is 11.7. The lowest BCUT2D eigenvalue weighted by atomic mass is 9.33. The maximum atomic E-state index is 13.5. The van der Waals surface area contributed by atoms with Crippen molar-refractivity contribution < 1.29 is 24.1 Å². The van der Waals surface area contributed by atoms with Gasteiger partial charge in [-0.1, -0.05) is 53.2 Å². The van der Waals surface area contributed by atoms with Crippen LogP contribution in [0.15, 0.2) is 11.6 Å². The van der Waals surface area contributed by atoms with Crippen LogP contribution in [0.3, 0.4) is 0 Å². The van der Waals surface area contributed by atoms with Crippen molar-refractivity contribution in [1.82, 2.24) is 0 Å². The Morgan fingerprint density at radius 2 is 1.69 bits per heavy atom. The van der Waals surface area contributed by atoms with E-state index in [1.807, 2.05) is 13.8 Å². The molecule has 4 saturated carbocycles. The summed E-state index contributed by atoms with van der Waals surface area (Å²) < 4.78 is 18.3. The summed E-state index contributed by atoms with van der Waals surface area (Å²) in [5.74, 6) is 1.62. The highest BCUT2D eigenvalue weighted by Gasteiger charge is 2.72. The van der Waals surface area contributed by atoms with Crippen molar-refractivity contribution in [3.63, 3.8) is 0 Å². The Morgan fingerprint density at radius 3 is 2.38 bits per heavy atom. The van der Waals surface area contributed by atoms with E-state index in [4.69, 9.17) is 14.2 Å². The van der Waals surface area contributed by atoms with Crippen LogP contribution in [0.2, 0.25) is 0 Å². The first kappa shape index (κ1) is 28.2. The van der Waals surface area contributed by atoms with Crippen molar-refractivity contribution >= 4 is 5.97 Å². The van der Waals surface area contributed by atoms with Gasteiger partial charge in [-0.05, 0) is 111 Å². The van der Waals surface area contributed by atoms with Gasteiger partial charge in [0.05, 0.1) is 31.3 Å². The topological polar surface area (TPSA) is 65.0 Å². The fraction of sp³-hybridized carbons (Fsp3) is 0.912. The third-order valence-corrected chi connectivity index (χ3v) is 14.4. The van der Waals surface area contributed by atoms with Crippen molar-refractivity contribution in [2.45, 2.75) is 125 Å². The number of hydrogen-bond donors (Lipinski definition) is 1. The predicted molar refractivity (Wildman–Crippen MR) is 152 cm³/mol. The molecule has 0 aromatic carbocycles. The number of carbonyl (C=O) groups is 1. The van der Waals surface area contributed by atoms with E-state index in [1.165, 1.54) is 6.42 Å². The van der Waals surface area contributed by atoms with Crippen LogP contribution in [0, 0.1) is 56.7 Å². The maximum Gasteiger partial charge on any atom is 0.312 e. The van der Waals surface area contributed by atoms with E-state index >= 15 is 0 Å². The lowest BCUT2D eigenvalue weighted by Crippen LogP contribution is -2.70. The van der Waals surface area contributed by atoms with Crippen LogP contribution in [-0.2, 0) is 19.0 Å². The third kappa shape index (κ3) is 3.45. The van der Waals surface area contributed by atoms with Gasteiger partial charge in [0.2, 0.25) is 0 Å². The molecule has 6 rings (SSSR count). The average Bonchev–Trinajstić information content (AvgIpc) is 2.87. The lowest BCUT2D eigenvalue weighted by molar-refractivity contribution is -0.368. The zero-order chi connectivity index (χ0) is 28.4. The first-order chi connectivity index (χ1) is 18.1. The van der Waals surface area contributed by atoms with Crippen LogP contribution in [0.1, 0.15) is 107 Å². The molecule has 0 amide bonds. The first-order valence-corrected chi connectivity index (χ1v) is 15.9. The molecule has 5 heteroatoms. The summed E-state index contributed by atoms with van der Waals surface area (Å²) in [6.45, 7) is 19.3.